The van der Waals surface area contributed by atoms with Gasteiger partial charge in [0.15, 0.2) is 0 Å². The first-order valence-corrected chi connectivity index (χ1v) is 7.89. The first-order valence-electron chi connectivity index (χ1n) is 7.89. The van der Waals surface area contributed by atoms with Crippen molar-refractivity contribution in [2.45, 2.75) is 45.4 Å². The zero-order valence-electron chi connectivity index (χ0n) is 12.7. The first-order chi connectivity index (χ1) is 10.8. The van der Waals surface area contributed by atoms with Crippen LogP contribution in [-0.2, 0) is 26.1 Å². The molecular formula is C16H20N6. The number of hydrogen-bond donors (Lipinski definition) is 1. The fourth-order valence-corrected chi connectivity index (χ4v) is 3.25. The molecule has 1 atom stereocenters. The van der Waals surface area contributed by atoms with E-state index in [1.54, 1.807) is 6.33 Å². The Morgan fingerprint density at radius 1 is 1.32 bits per heavy atom. The summed E-state index contributed by atoms with van der Waals surface area (Å²) in [4.78, 5) is 9.04. The van der Waals surface area contributed by atoms with Crippen molar-refractivity contribution in [1.29, 1.82) is 0 Å². The van der Waals surface area contributed by atoms with Crippen LogP contribution < -0.4 is 5.32 Å². The average Bonchev–Trinajstić information content (AvgIpc) is 3.15. The zero-order chi connectivity index (χ0) is 14.9. The molecule has 22 heavy (non-hydrogen) atoms. The van der Waals surface area contributed by atoms with Gasteiger partial charge in [-0.2, -0.15) is 5.10 Å². The number of para-hydroxylation sites is 2. The topological polar surface area (TPSA) is 60.6 Å². The lowest BCUT2D eigenvalue weighted by Gasteiger charge is -2.23. The number of hydrogen-bond acceptors (Lipinski definition) is 4. The summed E-state index contributed by atoms with van der Waals surface area (Å²) in [5.74, 6) is 2.20. The number of nitrogens with one attached hydrogen (secondary N) is 1. The van der Waals surface area contributed by atoms with E-state index in [2.05, 4.69) is 45.1 Å². The maximum atomic E-state index is 4.77. The van der Waals surface area contributed by atoms with Crippen molar-refractivity contribution in [3.05, 3.63) is 42.2 Å². The minimum absolute atomic E-state index is 0.430. The largest absolute Gasteiger partial charge is 0.327 e. The molecule has 4 rings (SSSR count). The van der Waals surface area contributed by atoms with Crippen molar-refractivity contribution in [1.82, 2.24) is 29.6 Å². The smallest absolute Gasteiger partial charge is 0.138 e. The quantitative estimate of drug-likeness (QED) is 0.797. The lowest BCUT2D eigenvalue weighted by molar-refractivity contribution is 0.353. The van der Waals surface area contributed by atoms with Crippen LogP contribution in [0.25, 0.3) is 11.0 Å². The maximum Gasteiger partial charge on any atom is 0.138 e. The van der Waals surface area contributed by atoms with Crippen LogP contribution in [0.3, 0.4) is 0 Å². The highest BCUT2D eigenvalue weighted by Crippen LogP contribution is 2.17. The number of imidazole rings is 1. The molecule has 2 aromatic heterocycles. The van der Waals surface area contributed by atoms with E-state index < -0.39 is 0 Å². The Morgan fingerprint density at radius 2 is 2.23 bits per heavy atom. The maximum absolute atomic E-state index is 4.77. The van der Waals surface area contributed by atoms with Crippen LogP contribution in [0, 0.1) is 0 Å². The molecule has 1 N–H and O–H groups in total. The van der Waals surface area contributed by atoms with Crippen LogP contribution in [0.4, 0.5) is 0 Å². The van der Waals surface area contributed by atoms with Crippen LogP contribution in [0.15, 0.2) is 30.6 Å². The third-order valence-electron chi connectivity index (χ3n) is 4.40. The van der Waals surface area contributed by atoms with Gasteiger partial charge in [0.25, 0.3) is 0 Å². The Hall–Kier alpha value is -2.21. The molecule has 1 aliphatic rings. The second-order valence-electron chi connectivity index (χ2n) is 5.74. The van der Waals surface area contributed by atoms with Crippen molar-refractivity contribution < 1.29 is 0 Å². The Balaban J connectivity index is 1.50. The van der Waals surface area contributed by atoms with Gasteiger partial charge in [-0.05, 0) is 25.5 Å². The Morgan fingerprint density at radius 3 is 3.14 bits per heavy atom. The van der Waals surface area contributed by atoms with Crippen LogP contribution in [0.2, 0.25) is 0 Å². The SMILES string of the molecule is CCn1c(CN[C@@H]2CCc3ncnn3C2)nc2ccccc21. The van der Waals surface area contributed by atoms with Crippen LogP contribution in [0.5, 0.6) is 0 Å². The lowest BCUT2D eigenvalue weighted by Crippen LogP contribution is -2.38. The standard InChI is InChI=1S/C16H20N6/c1-2-21-14-6-4-3-5-13(14)20-16(21)9-17-12-7-8-15-18-11-19-22(15)10-12/h3-6,11-12,17H,2,7-10H2,1H3/t12-/m1/s1. The van der Waals surface area contributed by atoms with Crippen LogP contribution >= 0.6 is 0 Å². The molecule has 6 heteroatoms. The summed E-state index contributed by atoms with van der Waals surface area (Å²) in [6.45, 7) is 4.79. The molecular weight excluding hydrogens is 276 g/mol. The van der Waals surface area contributed by atoms with Gasteiger partial charge in [0.1, 0.15) is 18.0 Å². The minimum atomic E-state index is 0.430. The molecule has 0 amide bonds. The number of nitrogens with zero attached hydrogens (tertiary/aromatic N) is 5. The van der Waals surface area contributed by atoms with Gasteiger partial charge in [-0.15, -0.1) is 0 Å². The van der Waals surface area contributed by atoms with Crippen LogP contribution in [-0.4, -0.2) is 30.4 Å². The van der Waals surface area contributed by atoms with Crippen molar-refractivity contribution in [3.8, 4) is 0 Å². The van der Waals surface area contributed by atoms with Gasteiger partial charge < -0.3 is 9.88 Å². The molecule has 6 nitrogen and oxygen atoms in total. The van der Waals surface area contributed by atoms with Gasteiger partial charge in [0.05, 0.1) is 24.1 Å². The normalized spacial score (nSPS) is 17.8. The Bertz CT molecular complexity index is 787. The summed E-state index contributed by atoms with van der Waals surface area (Å²) >= 11 is 0. The van der Waals surface area contributed by atoms with Gasteiger partial charge in [0, 0.05) is 19.0 Å². The number of rotatable bonds is 4. The highest BCUT2D eigenvalue weighted by atomic mass is 15.3. The molecule has 0 saturated carbocycles. The van der Waals surface area contributed by atoms with Crippen molar-refractivity contribution in [3.63, 3.8) is 0 Å². The molecule has 3 aromatic rings. The molecule has 0 aliphatic carbocycles. The molecule has 0 bridgehead atoms. The van der Waals surface area contributed by atoms with E-state index in [0.29, 0.717) is 6.04 Å². The first kappa shape index (κ1) is 13.5. The highest BCUT2D eigenvalue weighted by molar-refractivity contribution is 5.75. The van der Waals surface area contributed by atoms with Crippen molar-refractivity contribution >= 4 is 11.0 Å². The zero-order valence-corrected chi connectivity index (χ0v) is 12.7. The number of aryl methyl sites for hydroxylation is 2. The fourth-order valence-electron chi connectivity index (χ4n) is 3.25. The van der Waals surface area contributed by atoms with Gasteiger partial charge >= 0.3 is 0 Å². The van der Waals surface area contributed by atoms with E-state index >= 15 is 0 Å². The van der Waals surface area contributed by atoms with E-state index in [1.165, 1.54) is 5.52 Å². The monoisotopic (exact) mass is 296 g/mol. The van der Waals surface area contributed by atoms with E-state index in [1.807, 2.05) is 10.7 Å². The molecule has 0 spiro atoms. The van der Waals surface area contributed by atoms with E-state index in [4.69, 9.17) is 4.98 Å². The van der Waals surface area contributed by atoms with E-state index in [0.717, 1.165) is 49.6 Å². The van der Waals surface area contributed by atoms with E-state index in [9.17, 15) is 0 Å². The second-order valence-corrected chi connectivity index (χ2v) is 5.74. The summed E-state index contributed by atoms with van der Waals surface area (Å²) in [5, 5.41) is 7.91. The van der Waals surface area contributed by atoms with Crippen molar-refractivity contribution in [2.75, 3.05) is 0 Å². The van der Waals surface area contributed by atoms with E-state index in [-0.39, 0.29) is 0 Å². The summed E-state index contributed by atoms with van der Waals surface area (Å²) in [5.41, 5.74) is 2.28. The lowest BCUT2D eigenvalue weighted by atomic mass is 10.1. The van der Waals surface area contributed by atoms with Crippen molar-refractivity contribution in [2.24, 2.45) is 0 Å². The average molecular weight is 296 g/mol. The van der Waals surface area contributed by atoms with Gasteiger partial charge in [-0.1, -0.05) is 12.1 Å². The number of aromatic nitrogens is 5. The predicted octanol–water partition coefficient (Wildman–Crippen LogP) is 1.75. The summed E-state index contributed by atoms with van der Waals surface area (Å²) in [6.07, 6.45) is 3.74. The Labute approximate surface area is 129 Å². The predicted molar refractivity (Wildman–Crippen MR) is 84.4 cm³/mol. The molecule has 1 aliphatic heterocycles. The van der Waals surface area contributed by atoms with Gasteiger partial charge in [-0.25, -0.2) is 14.6 Å². The molecule has 1 aromatic carbocycles. The third-order valence-corrected chi connectivity index (χ3v) is 4.40. The number of benzene rings is 1. The third kappa shape index (κ3) is 2.29. The summed E-state index contributed by atoms with van der Waals surface area (Å²) in [6, 6.07) is 8.75. The summed E-state index contributed by atoms with van der Waals surface area (Å²) in [7, 11) is 0. The molecule has 0 radical (unpaired) electrons. The molecule has 0 unspecified atom stereocenters. The fraction of sp³-hybridized carbons (Fsp3) is 0.438. The van der Waals surface area contributed by atoms with Gasteiger partial charge in [0.2, 0.25) is 0 Å². The molecule has 0 saturated heterocycles. The molecule has 3 heterocycles. The minimum Gasteiger partial charge on any atom is -0.327 e. The summed E-state index contributed by atoms with van der Waals surface area (Å²) < 4.78 is 4.29. The molecule has 114 valence electrons. The Kier molecular flexibility index (Phi) is 3.38. The highest BCUT2D eigenvalue weighted by Gasteiger charge is 2.20. The number of fused-ring (bicyclic) bond motifs is 2. The molecule has 0 fully saturated rings. The van der Waals surface area contributed by atoms with Crippen LogP contribution in [0.1, 0.15) is 25.0 Å². The second kappa shape index (κ2) is 5.53. The van der Waals surface area contributed by atoms with Gasteiger partial charge in [-0.3, -0.25) is 0 Å².